The molecule has 1 amide bonds. The van der Waals surface area contributed by atoms with E-state index >= 15 is 0 Å². The molecule has 0 spiro atoms. The fourth-order valence-electron chi connectivity index (χ4n) is 3.59. The standard InChI is InChI=1S/C18H24N4O2S/c23-18-14-10-19-16(20-12-3-1-2-4-12)9-15(14)21-17(22-18)11-25-13-5-7-24-8-6-13/h9-10,12-14H,1-8,11H2,(H,21,22,23). The molecule has 4 aliphatic rings. The lowest BCUT2D eigenvalue weighted by Gasteiger charge is -2.25. The molecule has 1 atom stereocenters. The molecule has 0 radical (unpaired) electrons. The van der Waals surface area contributed by atoms with Crippen LogP contribution in [0.1, 0.15) is 38.5 Å². The minimum absolute atomic E-state index is 0.0347. The summed E-state index contributed by atoms with van der Waals surface area (Å²) in [5.41, 5.74) is 0.776. The predicted molar refractivity (Wildman–Crippen MR) is 102 cm³/mol. The van der Waals surface area contributed by atoms with E-state index in [2.05, 4.69) is 15.3 Å². The van der Waals surface area contributed by atoms with Crippen LogP contribution in [0, 0.1) is 5.92 Å². The molecule has 7 heteroatoms. The minimum atomic E-state index is -0.376. The van der Waals surface area contributed by atoms with Gasteiger partial charge in [0.2, 0.25) is 5.91 Å². The molecule has 25 heavy (non-hydrogen) atoms. The van der Waals surface area contributed by atoms with Gasteiger partial charge in [0.1, 0.15) is 17.6 Å². The molecule has 3 aliphatic heterocycles. The number of nitrogens with one attached hydrogen (secondary N) is 1. The Morgan fingerprint density at radius 3 is 2.84 bits per heavy atom. The topological polar surface area (TPSA) is 75.4 Å². The van der Waals surface area contributed by atoms with Gasteiger partial charge in [-0.2, -0.15) is 11.8 Å². The summed E-state index contributed by atoms with van der Waals surface area (Å²) in [7, 11) is 0. The van der Waals surface area contributed by atoms with Crippen LogP contribution >= 0.6 is 11.8 Å². The number of aliphatic imine (C=N–C) groups is 3. The van der Waals surface area contributed by atoms with Crippen molar-refractivity contribution < 1.29 is 9.53 Å². The Morgan fingerprint density at radius 2 is 2.04 bits per heavy atom. The Labute approximate surface area is 152 Å². The van der Waals surface area contributed by atoms with Crippen molar-refractivity contribution in [2.45, 2.75) is 49.8 Å². The van der Waals surface area contributed by atoms with Gasteiger partial charge in [-0.3, -0.25) is 9.79 Å². The molecular formula is C18H24N4O2S. The van der Waals surface area contributed by atoms with Gasteiger partial charge >= 0.3 is 0 Å². The lowest BCUT2D eigenvalue weighted by Crippen LogP contribution is -2.43. The number of carbonyl (C=O) groups excluding carboxylic acids is 1. The van der Waals surface area contributed by atoms with Crippen molar-refractivity contribution >= 4 is 35.6 Å². The van der Waals surface area contributed by atoms with E-state index in [9.17, 15) is 4.79 Å². The summed E-state index contributed by atoms with van der Waals surface area (Å²) in [4.78, 5) is 26.1. The molecule has 3 heterocycles. The molecule has 1 saturated heterocycles. The van der Waals surface area contributed by atoms with Gasteiger partial charge in [0, 0.05) is 30.8 Å². The van der Waals surface area contributed by atoms with Crippen LogP contribution in [-0.2, 0) is 9.53 Å². The third-order valence-corrected chi connectivity index (χ3v) is 6.41. The molecule has 2 fully saturated rings. The van der Waals surface area contributed by atoms with Crippen molar-refractivity contribution in [3.8, 4) is 0 Å². The maximum Gasteiger partial charge on any atom is 0.239 e. The molecule has 0 aromatic carbocycles. The minimum Gasteiger partial charge on any atom is -0.381 e. The number of hydrogen-bond donors (Lipinski definition) is 1. The van der Waals surface area contributed by atoms with Crippen LogP contribution in [0.25, 0.3) is 0 Å². The summed E-state index contributed by atoms with van der Waals surface area (Å²) in [6.07, 6.45) is 10.5. The van der Waals surface area contributed by atoms with Crippen molar-refractivity contribution in [3.05, 3.63) is 11.8 Å². The molecule has 6 nitrogen and oxygen atoms in total. The number of ether oxygens (including phenoxy) is 1. The van der Waals surface area contributed by atoms with E-state index < -0.39 is 0 Å². The first-order valence-corrected chi connectivity index (χ1v) is 10.2. The average molecular weight is 360 g/mol. The number of dihydropyridines is 1. The van der Waals surface area contributed by atoms with Crippen molar-refractivity contribution in [3.63, 3.8) is 0 Å². The van der Waals surface area contributed by atoms with Crippen LogP contribution in [0.4, 0.5) is 0 Å². The number of rotatable bonds is 4. The molecule has 4 rings (SSSR count). The van der Waals surface area contributed by atoms with Gasteiger partial charge in [0.05, 0.1) is 17.5 Å². The van der Waals surface area contributed by atoms with Crippen molar-refractivity contribution in [2.75, 3.05) is 19.0 Å². The number of hydrogen-bond acceptors (Lipinski definition) is 5. The molecule has 1 N–H and O–H groups in total. The third-order valence-electron chi connectivity index (χ3n) is 5.03. The first kappa shape index (κ1) is 17.0. The molecule has 1 unspecified atom stereocenters. The molecule has 1 aliphatic carbocycles. The number of carbonyl (C=O) groups is 1. The van der Waals surface area contributed by atoms with E-state index in [0.717, 1.165) is 56.2 Å². The average Bonchev–Trinajstić information content (AvgIpc) is 3.14. The van der Waals surface area contributed by atoms with Crippen LogP contribution in [-0.4, -0.2) is 54.1 Å². The summed E-state index contributed by atoms with van der Waals surface area (Å²) in [5, 5.41) is 3.52. The number of nitrogens with zero attached hydrogens (tertiary/aromatic N) is 3. The molecule has 0 bridgehead atoms. The monoisotopic (exact) mass is 360 g/mol. The van der Waals surface area contributed by atoms with Gasteiger partial charge < -0.3 is 10.1 Å². The van der Waals surface area contributed by atoms with Crippen LogP contribution in [0.15, 0.2) is 26.8 Å². The summed E-state index contributed by atoms with van der Waals surface area (Å²) >= 11 is 1.86. The second-order valence-electron chi connectivity index (χ2n) is 6.92. The highest BCUT2D eigenvalue weighted by atomic mass is 32.2. The van der Waals surface area contributed by atoms with E-state index in [0.29, 0.717) is 17.1 Å². The van der Waals surface area contributed by atoms with E-state index in [1.165, 1.54) is 12.8 Å². The molecule has 1 saturated carbocycles. The van der Waals surface area contributed by atoms with E-state index in [1.54, 1.807) is 6.21 Å². The highest BCUT2D eigenvalue weighted by Crippen LogP contribution is 2.26. The number of thioether (sulfide) groups is 1. The van der Waals surface area contributed by atoms with E-state index in [-0.39, 0.29) is 11.8 Å². The Bertz CT molecular complexity index is 643. The first-order valence-electron chi connectivity index (χ1n) is 9.19. The summed E-state index contributed by atoms with van der Waals surface area (Å²) < 4.78 is 5.40. The van der Waals surface area contributed by atoms with E-state index in [4.69, 9.17) is 9.73 Å². The lowest BCUT2D eigenvalue weighted by atomic mass is 10.0. The molecule has 0 aromatic heterocycles. The fraction of sp³-hybridized carbons (Fsp3) is 0.667. The SMILES string of the molecule is O=C1NC(CSC2CCOCC2)=NC2=CC(=NC3CCCC3)N=CC12. The highest BCUT2D eigenvalue weighted by molar-refractivity contribution is 8.00. The normalized spacial score (nSPS) is 29.4. The van der Waals surface area contributed by atoms with Gasteiger partial charge in [0.15, 0.2) is 0 Å². The summed E-state index contributed by atoms with van der Waals surface area (Å²) in [6, 6.07) is 0.380. The zero-order valence-corrected chi connectivity index (χ0v) is 15.1. The maximum atomic E-state index is 12.3. The first-order chi connectivity index (χ1) is 12.3. The second-order valence-corrected chi connectivity index (χ2v) is 8.21. The Hall–Kier alpha value is -1.47. The van der Waals surface area contributed by atoms with Crippen molar-refractivity contribution in [1.29, 1.82) is 0 Å². The summed E-state index contributed by atoms with van der Waals surface area (Å²) in [6.45, 7) is 1.67. The van der Waals surface area contributed by atoms with Crippen molar-refractivity contribution in [2.24, 2.45) is 20.9 Å². The Kier molecular flexibility index (Phi) is 5.31. The van der Waals surface area contributed by atoms with Gasteiger partial charge in [-0.25, -0.2) is 9.98 Å². The zero-order chi connectivity index (χ0) is 17.1. The predicted octanol–water partition coefficient (Wildman–Crippen LogP) is 2.35. The van der Waals surface area contributed by atoms with Crippen molar-refractivity contribution in [1.82, 2.24) is 5.32 Å². The number of fused-ring (bicyclic) bond motifs is 1. The molecular weight excluding hydrogens is 336 g/mol. The van der Waals surface area contributed by atoms with Crippen LogP contribution in [0.3, 0.4) is 0 Å². The van der Waals surface area contributed by atoms with E-state index in [1.807, 2.05) is 17.8 Å². The van der Waals surface area contributed by atoms with Gasteiger partial charge in [-0.1, -0.05) is 12.8 Å². The third kappa shape index (κ3) is 4.20. The Morgan fingerprint density at radius 1 is 1.24 bits per heavy atom. The number of amides is 1. The largest absolute Gasteiger partial charge is 0.381 e. The highest BCUT2D eigenvalue weighted by Gasteiger charge is 2.30. The zero-order valence-electron chi connectivity index (χ0n) is 14.3. The second kappa shape index (κ2) is 7.83. The van der Waals surface area contributed by atoms with Gasteiger partial charge in [0.25, 0.3) is 0 Å². The maximum absolute atomic E-state index is 12.3. The fourth-order valence-corrected chi connectivity index (χ4v) is 4.65. The smallest absolute Gasteiger partial charge is 0.239 e. The summed E-state index contributed by atoms with van der Waals surface area (Å²) in [5.74, 6) is 1.78. The van der Waals surface area contributed by atoms with Gasteiger partial charge in [-0.15, -0.1) is 0 Å². The van der Waals surface area contributed by atoms with Crippen LogP contribution < -0.4 is 5.32 Å². The van der Waals surface area contributed by atoms with Crippen LogP contribution in [0.5, 0.6) is 0 Å². The lowest BCUT2D eigenvalue weighted by molar-refractivity contribution is -0.120. The molecule has 134 valence electrons. The van der Waals surface area contributed by atoms with Gasteiger partial charge in [-0.05, 0) is 25.7 Å². The Balaban J connectivity index is 1.44. The molecule has 0 aromatic rings. The quantitative estimate of drug-likeness (QED) is 0.836. The number of amidine groups is 2. The van der Waals surface area contributed by atoms with Crippen LogP contribution in [0.2, 0.25) is 0 Å².